The maximum Gasteiger partial charge on any atom is 0.227 e. The van der Waals surface area contributed by atoms with Gasteiger partial charge in [0.1, 0.15) is 0 Å². The van der Waals surface area contributed by atoms with Crippen molar-refractivity contribution in [2.24, 2.45) is 0 Å². The lowest BCUT2D eigenvalue weighted by molar-refractivity contribution is -0.131. The molecule has 1 amide bonds. The van der Waals surface area contributed by atoms with Gasteiger partial charge in [0.25, 0.3) is 0 Å². The van der Waals surface area contributed by atoms with Gasteiger partial charge in [-0.3, -0.25) is 4.79 Å². The normalized spacial score (nSPS) is 18.8. The summed E-state index contributed by atoms with van der Waals surface area (Å²) in [6.07, 6.45) is 4.79. The Morgan fingerprint density at radius 2 is 2.11 bits per heavy atom. The molecule has 104 valence electrons. The summed E-state index contributed by atoms with van der Waals surface area (Å²) in [7, 11) is 0. The number of carbonyl (C=O) groups excluding carboxylic acids is 1. The number of likely N-dealkylation sites (tertiary alicyclic amines) is 1. The van der Waals surface area contributed by atoms with Crippen molar-refractivity contribution in [3.63, 3.8) is 0 Å². The molecule has 0 spiro atoms. The molecular weight excluding hydrogens is 326 g/mol. The summed E-state index contributed by atoms with van der Waals surface area (Å²) in [4.78, 5) is 14.4. The summed E-state index contributed by atoms with van der Waals surface area (Å²) in [6, 6.07) is 8.38. The van der Waals surface area contributed by atoms with Crippen molar-refractivity contribution < 1.29 is 4.79 Å². The van der Waals surface area contributed by atoms with E-state index < -0.39 is 0 Å². The van der Waals surface area contributed by atoms with Crippen LogP contribution in [0.5, 0.6) is 0 Å². The van der Waals surface area contributed by atoms with Crippen LogP contribution in [0, 0.1) is 0 Å². The van der Waals surface area contributed by atoms with E-state index in [2.05, 4.69) is 20.8 Å². The van der Waals surface area contributed by atoms with Crippen molar-refractivity contribution in [1.82, 2.24) is 4.90 Å². The largest absolute Gasteiger partial charge is 0.339 e. The molecule has 1 heterocycles. The summed E-state index contributed by atoms with van der Waals surface area (Å²) < 4.78 is 1.05. The minimum absolute atomic E-state index is 0.249. The summed E-state index contributed by atoms with van der Waals surface area (Å²) in [6.45, 7) is 0.905. The van der Waals surface area contributed by atoms with Gasteiger partial charge in [-0.1, -0.05) is 28.1 Å². The van der Waals surface area contributed by atoms with Crippen molar-refractivity contribution in [3.05, 3.63) is 34.3 Å². The molecule has 1 aliphatic heterocycles. The van der Waals surface area contributed by atoms with Gasteiger partial charge in [0, 0.05) is 22.9 Å². The third-order valence-electron chi connectivity index (χ3n) is 3.64. The van der Waals surface area contributed by atoms with Crippen molar-refractivity contribution in [2.45, 2.75) is 38.1 Å². The molecule has 19 heavy (non-hydrogen) atoms. The molecule has 0 aromatic heterocycles. The van der Waals surface area contributed by atoms with Crippen LogP contribution in [0.4, 0.5) is 0 Å². The summed E-state index contributed by atoms with van der Waals surface area (Å²) in [5, 5.41) is 0. The van der Waals surface area contributed by atoms with E-state index >= 15 is 0 Å². The molecule has 2 rings (SSSR count). The standard InChI is InChI=1S/C15H19BrClNO/c16-13-7-5-12(6-8-13)11-15(19)18-10-2-4-14(18)3-1-9-17/h5-8,14H,1-4,9-11H2. The van der Waals surface area contributed by atoms with Crippen LogP contribution < -0.4 is 0 Å². The quantitative estimate of drug-likeness (QED) is 0.739. The van der Waals surface area contributed by atoms with Crippen LogP contribution in [0.15, 0.2) is 28.7 Å². The Balaban J connectivity index is 1.93. The second-order valence-corrected chi connectivity index (χ2v) is 6.31. The highest BCUT2D eigenvalue weighted by Crippen LogP contribution is 2.23. The fourth-order valence-corrected chi connectivity index (χ4v) is 3.07. The van der Waals surface area contributed by atoms with Crippen LogP contribution in [0.1, 0.15) is 31.2 Å². The van der Waals surface area contributed by atoms with Crippen molar-refractivity contribution in [3.8, 4) is 0 Å². The minimum atomic E-state index is 0.249. The molecule has 1 saturated heterocycles. The predicted octanol–water partition coefficient (Wildman–Crippen LogP) is 4.00. The average molecular weight is 345 g/mol. The van der Waals surface area contributed by atoms with Crippen LogP contribution >= 0.6 is 27.5 Å². The predicted molar refractivity (Wildman–Crippen MR) is 82.5 cm³/mol. The lowest BCUT2D eigenvalue weighted by Crippen LogP contribution is -2.36. The number of hydrogen-bond donors (Lipinski definition) is 0. The third kappa shape index (κ3) is 4.22. The van der Waals surface area contributed by atoms with Gasteiger partial charge in [-0.25, -0.2) is 0 Å². The number of rotatable bonds is 5. The highest BCUT2D eigenvalue weighted by atomic mass is 79.9. The molecule has 0 N–H and O–H groups in total. The second kappa shape index (κ2) is 7.30. The van der Waals surface area contributed by atoms with Gasteiger partial charge < -0.3 is 4.90 Å². The van der Waals surface area contributed by atoms with E-state index in [4.69, 9.17) is 11.6 Å². The fourth-order valence-electron chi connectivity index (χ4n) is 2.66. The molecular formula is C15H19BrClNO. The van der Waals surface area contributed by atoms with Crippen molar-refractivity contribution in [2.75, 3.05) is 12.4 Å². The number of alkyl halides is 1. The second-order valence-electron chi connectivity index (χ2n) is 5.02. The lowest BCUT2D eigenvalue weighted by Gasteiger charge is -2.24. The van der Waals surface area contributed by atoms with Gasteiger partial charge in [-0.05, 0) is 43.4 Å². The SMILES string of the molecule is O=C(Cc1ccc(Br)cc1)N1CCCC1CCCCl. The van der Waals surface area contributed by atoms with E-state index in [1.165, 1.54) is 0 Å². The van der Waals surface area contributed by atoms with E-state index in [1.807, 2.05) is 24.3 Å². The van der Waals surface area contributed by atoms with Gasteiger partial charge in [0.05, 0.1) is 6.42 Å². The van der Waals surface area contributed by atoms with E-state index in [1.54, 1.807) is 0 Å². The topological polar surface area (TPSA) is 20.3 Å². The Hall–Kier alpha value is -0.540. The minimum Gasteiger partial charge on any atom is -0.339 e. The van der Waals surface area contributed by atoms with Crippen LogP contribution in [-0.2, 0) is 11.2 Å². The molecule has 1 aromatic rings. The Bertz CT molecular complexity index is 421. The number of carbonyl (C=O) groups is 1. The third-order valence-corrected chi connectivity index (χ3v) is 4.43. The molecule has 4 heteroatoms. The lowest BCUT2D eigenvalue weighted by atomic mass is 10.1. The molecule has 0 saturated carbocycles. The van der Waals surface area contributed by atoms with Crippen LogP contribution in [0.25, 0.3) is 0 Å². The highest BCUT2D eigenvalue weighted by Gasteiger charge is 2.27. The number of hydrogen-bond acceptors (Lipinski definition) is 1. The Morgan fingerprint density at radius 1 is 1.37 bits per heavy atom. The van der Waals surface area contributed by atoms with Gasteiger partial charge in [0.15, 0.2) is 0 Å². The van der Waals surface area contributed by atoms with Gasteiger partial charge in [-0.2, -0.15) is 0 Å². The zero-order chi connectivity index (χ0) is 13.7. The molecule has 2 nitrogen and oxygen atoms in total. The average Bonchev–Trinajstić information content (AvgIpc) is 2.87. The highest BCUT2D eigenvalue weighted by molar-refractivity contribution is 9.10. The Labute approximate surface area is 128 Å². The van der Waals surface area contributed by atoms with E-state index in [0.29, 0.717) is 18.3 Å². The molecule has 0 radical (unpaired) electrons. The van der Waals surface area contributed by atoms with Gasteiger partial charge >= 0.3 is 0 Å². The molecule has 1 fully saturated rings. The zero-order valence-corrected chi connectivity index (χ0v) is 13.3. The van der Waals surface area contributed by atoms with E-state index in [0.717, 1.165) is 42.3 Å². The maximum absolute atomic E-state index is 12.4. The van der Waals surface area contributed by atoms with Crippen LogP contribution in [0.2, 0.25) is 0 Å². The van der Waals surface area contributed by atoms with E-state index in [9.17, 15) is 4.79 Å². The summed E-state index contributed by atoms with van der Waals surface area (Å²) in [5.74, 6) is 0.935. The summed E-state index contributed by atoms with van der Waals surface area (Å²) in [5.41, 5.74) is 1.08. The van der Waals surface area contributed by atoms with Crippen molar-refractivity contribution in [1.29, 1.82) is 0 Å². The number of nitrogens with zero attached hydrogens (tertiary/aromatic N) is 1. The number of amides is 1. The van der Waals surface area contributed by atoms with E-state index in [-0.39, 0.29) is 5.91 Å². The maximum atomic E-state index is 12.4. The fraction of sp³-hybridized carbons (Fsp3) is 0.533. The van der Waals surface area contributed by atoms with Crippen molar-refractivity contribution >= 4 is 33.4 Å². The Kier molecular flexibility index (Phi) is 5.71. The summed E-state index contributed by atoms with van der Waals surface area (Å²) >= 11 is 9.15. The molecule has 1 aliphatic rings. The monoisotopic (exact) mass is 343 g/mol. The smallest absolute Gasteiger partial charge is 0.227 e. The first-order chi connectivity index (χ1) is 9.20. The number of benzene rings is 1. The molecule has 1 atom stereocenters. The first kappa shape index (κ1) is 14.9. The number of halogens is 2. The van der Waals surface area contributed by atoms with Crippen LogP contribution in [0.3, 0.4) is 0 Å². The molecule has 1 unspecified atom stereocenters. The Morgan fingerprint density at radius 3 is 2.79 bits per heavy atom. The molecule has 1 aromatic carbocycles. The first-order valence-electron chi connectivity index (χ1n) is 6.80. The van der Waals surface area contributed by atoms with Crippen LogP contribution in [-0.4, -0.2) is 29.3 Å². The molecule has 0 aliphatic carbocycles. The van der Waals surface area contributed by atoms with Gasteiger partial charge in [-0.15, -0.1) is 11.6 Å². The van der Waals surface area contributed by atoms with Gasteiger partial charge in [0.2, 0.25) is 5.91 Å². The molecule has 0 bridgehead atoms. The first-order valence-corrected chi connectivity index (χ1v) is 8.13. The zero-order valence-electron chi connectivity index (χ0n) is 10.9.